The van der Waals surface area contributed by atoms with Gasteiger partial charge < -0.3 is 16.2 Å². The van der Waals surface area contributed by atoms with Gasteiger partial charge in [-0.3, -0.25) is 25.8 Å². The molecule has 0 aliphatic rings. The second-order valence-corrected chi connectivity index (χ2v) is 7.89. The molecule has 0 amide bonds. The molecule has 0 unspecified atom stereocenters. The summed E-state index contributed by atoms with van der Waals surface area (Å²) >= 11 is 5.37. The Morgan fingerprint density at radius 3 is 2.18 bits per heavy atom. The molecule has 0 fully saturated rings. The fourth-order valence-corrected chi connectivity index (χ4v) is 3.25. The normalized spacial score (nSPS) is 10.9. The van der Waals surface area contributed by atoms with Gasteiger partial charge in [0.2, 0.25) is 5.75 Å². The minimum Gasteiger partial charge on any atom is -0.450 e. The van der Waals surface area contributed by atoms with Crippen molar-refractivity contribution in [1.29, 1.82) is 10.8 Å². The summed E-state index contributed by atoms with van der Waals surface area (Å²) in [6.07, 6.45) is 0. The van der Waals surface area contributed by atoms with Crippen LogP contribution in [0.1, 0.15) is 0 Å². The minimum atomic E-state index is -3.84. The van der Waals surface area contributed by atoms with Crippen molar-refractivity contribution >= 4 is 44.7 Å². The van der Waals surface area contributed by atoms with Crippen LogP contribution >= 0.6 is 11.6 Å². The first-order chi connectivity index (χ1) is 13.1. The Kier molecular flexibility index (Phi) is 6.06. The van der Waals surface area contributed by atoms with Crippen molar-refractivity contribution in [3.05, 3.63) is 52.6 Å². The lowest BCUT2D eigenvalue weighted by atomic mass is 10.2. The largest absolute Gasteiger partial charge is 0.450 e. The van der Waals surface area contributed by atoms with E-state index >= 15 is 0 Å². The molecule has 0 bridgehead atoms. The second kappa shape index (κ2) is 8.10. The summed E-state index contributed by atoms with van der Waals surface area (Å²) in [6, 6.07) is 8.90. The zero-order valence-electron chi connectivity index (χ0n) is 14.1. The summed E-state index contributed by atoms with van der Waals surface area (Å²) in [5, 5.41) is 25.4. The van der Waals surface area contributed by atoms with Crippen LogP contribution in [0.4, 0.5) is 11.4 Å². The summed E-state index contributed by atoms with van der Waals surface area (Å²) in [4.78, 5) is 11.2. The van der Waals surface area contributed by atoms with E-state index in [0.717, 1.165) is 23.1 Å². The van der Waals surface area contributed by atoms with Crippen molar-refractivity contribution in [2.24, 2.45) is 11.5 Å². The Morgan fingerprint density at radius 2 is 1.71 bits per heavy atom. The summed E-state index contributed by atoms with van der Waals surface area (Å²) in [7, 11) is -3.84. The van der Waals surface area contributed by atoms with Gasteiger partial charge in [0.15, 0.2) is 21.8 Å². The molecule has 2 aromatic carbocycles. The van der Waals surface area contributed by atoms with Crippen LogP contribution in [0.2, 0.25) is 0 Å². The monoisotopic (exact) mass is 426 g/mol. The minimum absolute atomic E-state index is 0.179. The number of nitrogens with two attached hydrogens (primary N) is 2. The van der Waals surface area contributed by atoms with E-state index in [1.807, 2.05) is 0 Å². The molecular weight excluding hydrogens is 412 g/mol. The van der Waals surface area contributed by atoms with Gasteiger partial charge in [-0.15, -0.1) is 11.6 Å². The van der Waals surface area contributed by atoms with E-state index in [1.54, 1.807) is 0 Å². The van der Waals surface area contributed by atoms with Gasteiger partial charge in [-0.25, -0.2) is 8.42 Å². The number of nitro benzene ring substituents is 1. The van der Waals surface area contributed by atoms with Gasteiger partial charge in [0.05, 0.1) is 15.5 Å². The molecular formula is C15H15ClN6O5S. The van der Waals surface area contributed by atoms with Crippen molar-refractivity contribution in [2.45, 2.75) is 4.90 Å². The first kappa shape index (κ1) is 20.9. The molecule has 0 aliphatic carbocycles. The van der Waals surface area contributed by atoms with Crippen molar-refractivity contribution in [2.75, 3.05) is 10.1 Å². The molecule has 0 aromatic heterocycles. The van der Waals surface area contributed by atoms with Crippen LogP contribution in [0.5, 0.6) is 11.5 Å². The Morgan fingerprint density at radius 1 is 1.14 bits per heavy atom. The molecule has 0 spiro atoms. The topological polar surface area (TPSA) is 189 Å². The van der Waals surface area contributed by atoms with E-state index in [2.05, 4.69) is 0 Å². The van der Waals surface area contributed by atoms with Crippen molar-refractivity contribution < 1.29 is 18.1 Å². The molecule has 28 heavy (non-hydrogen) atoms. The van der Waals surface area contributed by atoms with Gasteiger partial charge in [-0.05, 0) is 36.4 Å². The number of ether oxygens (including phenoxy) is 1. The maximum atomic E-state index is 11.8. The first-order valence-electron chi connectivity index (χ1n) is 7.40. The van der Waals surface area contributed by atoms with Crippen LogP contribution in [-0.2, 0) is 9.84 Å². The number of hydrogen-bond donors (Lipinski definition) is 4. The number of halogens is 1. The van der Waals surface area contributed by atoms with Crippen molar-refractivity contribution in [3.63, 3.8) is 0 Å². The van der Waals surface area contributed by atoms with Crippen LogP contribution in [0, 0.1) is 20.9 Å². The summed E-state index contributed by atoms with van der Waals surface area (Å²) in [6.45, 7) is 0. The molecule has 0 atom stereocenters. The van der Waals surface area contributed by atoms with Crippen LogP contribution < -0.4 is 21.1 Å². The third-order valence-corrected chi connectivity index (χ3v) is 5.56. The van der Waals surface area contributed by atoms with E-state index in [4.69, 9.17) is 38.6 Å². The Hall–Kier alpha value is -3.38. The van der Waals surface area contributed by atoms with Crippen LogP contribution in [0.3, 0.4) is 0 Å². The van der Waals surface area contributed by atoms with E-state index in [9.17, 15) is 18.5 Å². The Labute approximate surface area is 164 Å². The fraction of sp³-hybridized carbons (Fsp3) is 0.0667. The molecule has 0 aliphatic heterocycles. The number of nitro groups is 1. The highest BCUT2D eigenvalue weighted by Crippen LogP contribution is 2.34. The number of hydrogen-bond acceptors (Lipinski definition) is 7. The average molecular weight is 427 g/mol. The Bertz CT molecular complexity index is 1030. The highest BCUT2D eigenvalue weighted by Gasteiger charge is 2.22. The highest BCUT2D eigenvalue weighted by molar-refractivity contribution is 7.92. The molecule has 0 heterocycles. The van der Waals surface area contributed by atoms with E-state index in [1.165, 1.54) is 24.3 Å². The maximum Gasteiger partial charge on any atom is 0.312 e. The Balaban J connectivity index is 2.36. The van der Waals surface area contributed by atoms with Gasteiger partial charge in [0.25, 0.3) is 0 Å². The fourth-order valence-electron chi connectivity index (χ4n) is 2.18. The molecule has 2 aromatic rings. The molecule has 2 rings (SSSR count). The third-order valence-electron chi connectivity index (χ3n) is 3.43. The number of rotatable bonds is 6. The first-order valence-corrected chi connectivity index (χ1v) is 9.58. The van der Waals surface area contributed by atoms with Crippen LogP contribution in [-0.4, -0.2) is 30.5 Å². The number of anilines is 1. The number of nitrogens with zero attached hydrogens (tertiary/aromatic N) is 2. The van der Waals surface area contributed by atoms with Crippen molar-refractivity contribution in [3.8, 4) is 11.5 Å². The zero-order valence-corrected chi connectivity index (χ0v) is 15.7. The van der Waals surface area contributed by atoms with E-state index in [0.29, 0.717) is 5.69 Å². The predicted octanol–water partition coefficient (Wildman–Crippen LogP) is 1.95. The SMILES string of the molecule is N=C(N)N(C(=N)N)c1ccc(Oc2ccc(S(=O)(=O)CCl)cc2[N+](=O)[O-])cc1. The number of sulfone groups is 1. The number of nitrogens with one attached hydrogen (secondary N) is 2. The lowest BCUT2D eigenvalue weighted by Gasteiger charge is -2.20. The van der Waals surface area contributed by atoms with Crippen molar-refractivity contribution in [1.82, 2.24) is 0 Å². The highest BCUT2D eigenvalue weighted by atomic mass is 35.5. The molecule has 148 valence electrons. The lowest BCUT2D eigenvalue weighted by molar-refractivity contribution is -0.385. The summed E-state index contributed by atoms with van der Waals surface area (Å²) < 4.78 is 29.1. The second-order valence-electron chi connectivity index (χ2n) is 5.31. The van der Waals surface area contributed by atoms with Crippen LogP contribution in [0.15, 0.2) is 47.4 Å². The molecule has 13 heteroatoms. The molecule has 11 nitrogen and oxygen atoms in total. The number of alkyl halides is 1. The molecule has 0 saturated heterocycles. The van der Waals surface area contributed by atoms with Gasteiger partial charge in [0.1, 0.15) is 11.0 Å². The zero-order chi connectivity index (χ0) is 21.1. The molecule has 6 N–H and O–H groups in total. The summed E-state index contributed by atoms with van der Waals surface area (Å²) in [5.74, 6) is -0.922. The van der Waals surface area contributed by atoms with Gasteiger partial charge in [-0.2, -0.15) is 0 Å². The smallest absolute Gasteiger partial charge is 0.312 e. The average Bonchev–Trinajstić information content (AvgIpc) is 2.62. The quantitative estimate of drug-likeness (QED) is 0.177. The van der Waals surface area contributed by atoms with E-state index in [-0.39, 0.29) is 16.4 Å². The molecule has 0 saturated carbocycles. The maximum absolute atomic E-state index is 11.8. The standard InChI is InChI=1S/C15H15ClN6O5S/c16-8-28(25,26)11-5-6-13(12(7-11)22(23)24)27-10-3-1-9(2-4-10)21(14(17)18)15(19)20/h1-7H,8H2,(H3,17,18)(H3,19,20). The van der Waals surface area contributed by atoms with Gasteiger partial charge in [0, 0.05) is 6.07 Å². The predicted molar refractivity (Wildman–Crippen MR) is 104 cm³/mol. The third kappa shape index (κ3) is 4.47. The number of benzene rings is 2. The lowest BCUT2D eigenvalue weighted by Crippen LogP contribution is -2.45. The van der Waals surface area contributed by atoms with E-state index < -0.39 is 37.6 Å². The van der Waals surface area contributed by atoms with Gasteiger partial charge >= 0.3 is 5.69 Å². The number of guanidine groups is 2. The van der Waals surface area contributed by atoms with Gasteiger partial charge in [-0.1, -0.05) is 0 Å². The van der Waals surface area contributed by atoms with Crippen LogP contribution in [0.25, 0.3) is 0 Å². The summed E-state index contributed by atoms with van der Waals surface area (Å²) in [5.41, 5.74) is 10.5. The molecule has 0 radical (unpaired) electrons.